The lowest BCUT2D eigenvalue weighted by atomic mass is 10.7. The predicted molar refractivity (Wildman–Crippen MR) is 47.3 cm³/mol. The molecule has 0 N–H and O–H groups in total. The van der Waals surface area contributed by atoms with Crippen LogP contribution in [-0.2, 0) is 0 Å². The highest BCUT2D eigenvalue weighted by atomic mass is 32.1. The molecule has 2 heteroatoms. The number of hydrogen-bond donors (Lipinski definition) is 0. The van der Waals surface area contributed by atoms with Crippen LogP contribution in [0.4, 0.5) is 0 Å². The van der Waals surface area contributed by atoms with Crippen molar-refractivity contribution in [3.8, 4) is 0 Å². The Morgan fingerprint density at radius 3 is 2.89 bits per heavy atom. The summed E-state index contributed by atoms with van der Waals surface area (Å²) in [6.07, 6.45) is 0. The third-order valence-corrected chi connectivity index (χ3v) is 4.43. The van der Waals surface area contributed by atoms with E-state index in [9.17, 15) is 0 Å². The SMILES string of the molecule is [2H]C([2H])([2H])[Si](C)(c1cccs1)C([2H])([2H])[2H]. The first-order valence-corrected chi connectivity index (χ1v) is 6.02. The highest BCUT2D eigenvalue weighted by Gasteiger charge is 2.16. The van der Waals surface area contributed by atoms with Crippen LogP contribution in [0, 0.1) is 0 Å². The van der Waals surface area contributed by atoms with E-state index in [1.54, 1.807) is 17.5 Å². The smallest absolute Gasteiger partial charge is 0.0903 e. The van der Waals surface area contributed by atoms with Crippen molar-refractivity contribution in [1.29, 1.82) is 0 Å². The summed E-state index contributed by atoms with van der Waals surface area (Å²) in [6.45, 7) is -3.38. The van der Waals surface area contributed by atoms with Gasteiger partial charge in [0.1, 0.15) is 0 Å². The summed E-state index contributed by atoms with van der Waals surface area (Å²) in [6, 6.07) is 3.32. The largest absolute Gasteiger partial charge is 0.154 e. The van der Waals surface area contributed by atoms with Gasteiger partial charge in [0.15, 0.2) is 0 Å². The minimum Gasteiger partial charge on any atom is -0.154 e. The molecule has 0 aliphatic carbocycles. The lowest BCUT2D eigenvalue weighted by Crippen LogP contribution is -2.34. The lowest BCUT2D eigenvalue weighted by Gasteiger charge is -2.11. The highest BCUT2D eigenvalue weighted by molar-refractivity contribution is 7.25. The second-order valence-electron chi connectivity index (χ2n) is 2.10. The molecule has 50 valence electrons. The van der Waals surface area contributed by atoms with Gasteiger partial charge in [0, 0.05) is 8.22 Å². The van der Waals surface area contributed by atoms with E-state index in [-0.39, 0.29) is 0 Å². The van der Waals surface area contributed by atoms with Crippen LogP contribution in [0.25, 0.3) is 0 Å². The molecule has 0 saturated carbocycles. The molecular weight excluding hydrogens is 144 g/mol. The molecule has 0 amide bonds. The maximum absolute atomic E-state index is 7.46. The summed E-state index contributed by atoms with van der Waals surface area (Å²) >= 11 is 1.23. The summed E-state index contributed by atoms with van der Waals surface area (Å²) < 4.78 is 45.3. The molecule has 0 fully saturated rings. The van der Waals surface area contributed by atoms with E-state index in [4.69, 9.17) is 8.22 Å². The zero-order chi connectivity index (χ0) is 11.9. The van der Waals surface area contributed by atoms with E-state index in [1.165, 1.54) is 17.9 Å². The van der Waals surface area contributed by atoms with E-state index in [0.717, 1.165) is 0 Å². The lowest BCUT2D eigenvalue weighted by molar-refractivity contribution is 1.79. The van der Waals surface area contributed by atoms with Crippen molar-refractivity contribution in [3.05, 3.63) is 17.5 Å². The molecule has 0 aliphatic heterocycles. The summed E-state index contributed by atoms with van der Waals surface area (Å²) in [5, 5.41) is 1.72. The fourth-order valence-electron chi connectivity index (χ4n) is 0.563. The first-order chi connectivity index (χ1) is 6.61. The van der Waals surface area contributed by atoms with Gasteiger partial charge in [-0.2, -0.15) is 11.3 Å². The van der Waals surface area contributed by atoms with E-state index < -0.39 is 21.0 Å². The molecule has 1 rings (SSSR count). The van der Waals surface area contributed by atoms with Gasteiger partial charge in [-0.25, -0.2) is 0 Å². The molecule has 0 aliphatic rings. The fourth-order valence-corrected chi connectivity index (χ4v) is 2.60. The molecule has 0 aromatic carbocycles. The molecule has 0 nitrogen and oxygen atoms in total. The second kappa shape index (κ2) is 2.27. The average molecular weight is 162 g/mol. The first kappa shape index (κ1) is 2.51. The van der Waals surface area contributed by atoms with Gasteiger partial charge in [0.2, 0.25) is 0 Å². The number of hydrogen-bond acceptors (Lipinski definition) is 1. The van der Waals surface area contributed by atoms with Crippen LogP contribution in [0.5, 0.6) is 0 Å². The van der Waals surface area contributed by atoms with Gasteiger partial charge in [0.25, 0.3) is 0 Å². The molecule has 0 bridgehead atoms. The Morgan fingerprint density at radius 1 is 1.67 bits per heavy atom. The van der Waals surface area contributed by atoms with Gasteiger partial charge in [-0.15, -0.1) is 0 Å². The topological polar surface area (TPSA) is 0 Å². The maximum Gasteiger partial charge on any atom is 0.0903 e. The Kier molecular flexibility index (Phi) is 0.634. The highest BCUT2D eigenvalue weighted by Crippen LogP contribution is 2.05. The van der Waals surface area contributed by atoms with Crippen molar-refractivity contribution in [2.24, 2.45) is 0 Å². The molecule has 1 heterocycles. The summed E-state index contributed by atoms with van der Waals surface area (Å²) in [5.41, 5.74) is 0. The van der Waals surface area contributed by atoms with Gasteiger partial charge in [0.05, 0.1) is 8.07 Å². The molecule has 0 atom stereocenters. The van der Waals surface area contributed by atoms with Gasteiger partial charge < -0.3 is 0 Å². The van der Waals surface area contributed by atoms with E-state index in [1.807, 2.05) is 0 Å². The number of thiophene rings is 1. The quantitative estimate of drug-likeness (QED) is 0.556. The molecular formula is C7H12SSi. The monoisotopic (exact) mass is 162 g/mol. The van der Waals surface area contributed by atoms with Crippen molar-refractivity contribution in [1.82, 2.24) is 0 Å². The van der Waals surface area contributed by atoms with Crippen LogP contribution < -0.4 is 4.50 Å². The minimum absolute atomic E-state index is 0.516. The molecule has 0 radical (unpaired) electrons. The third kappa shape index (κ3) is 1.66. The van der Waals surface area contributed by atoms with Crippen LogP contribution in [0.3, 0.4) is 0 Å². The standard InChI is InChI=1S/C7H12SSi/c1-9(2,3)7-5-4-6-8-7/h4-6H,1-3H3/i1D3,2D3. The van der Waals surface area contributed by atoms with Crippen LogP contribution in [0.15, 0.2) is 17.5 Å². The Hall–Kier alpha value is -0.0831. The Labute approximate surface area is 70.0 Å². The fraction of sp³-hybridized carbons (Fsp3) is 0.429. The summed E-state index contributed by atoms with van der Waals surface area (Å²) in [4.78, 5) is 0. The maximum atomic E-state index is 7.46. The van der Waals surface area contributed by atoms with Crippen molar-refractivity contribution in [2.75, 3.05) is 0 Å². The van der Waals surface area contributed by atoms with Crippen molar-refractivity contribution < 1.29 is 8.22 Å². The van der Waals surface area contributed by atoms with Crippen LogP contribution in [0.1, 0.15) is 8.22 Å². The predicted octanol–water partition coefficient (Wildman–Crippen LogP) is 2.29. The average Bonchev–Trinajstić information content (AvgIpc) is 2.49. The molecule has 0 unspecified atom stereocenters. The molecule has 1 aromatic heterocycles. The van der Waals surface area contributed by atoms with Gasteiger partial charge in [-0.1, -0.05) is 31.6 Å². The van der Waals surface area contributed by atoms with Crippen molar-refractivity contribution in [3.63, 3.8) is 0 Å². The van der Waals surface area contributed by atoms with E-state index in [2.05, 4.69) is 0 Å². The molecule has 1 aromatic rings. The minimum atomic E-state index is -3.46. The van der Waals surface area contributed by atoms with Crippen LogP contribution in [-0.4, -0.2) is 8.07 Å². The van der Waals surface area contributed by atoms with Gasteiger partial charge in [-0.3, -0.25) is 0 Å². The Bertz CT molecular complexity index is 310. The Morgan fingerprint density at radius 2 is 2.44 bits per heavy atom. The molecule has 0 spiro atoms. The first-order valence-electron chi connectivity index (χ1n) is 5.65. The number of rotatable bonds is 1. The van der Waals surface area contributed by atoms with Gasteiger partial charge >= 0.3 is 0 Å². The molecule has 0 saturated heterocycles. The van der Waals surface area contributed by atoms with Crippen LogP contribution >= 0.6 is 11.3 Å². The van der Waals surface area contributed by atoms with E-state index in [0.29, 0.717) is 4.50 Å². The Balaban J connectivity index is 3.33. The zero-order valence-corrected chi connectivity index (χ0v) is 6.96. The van der Waals surface area contributed by atoms with Gasteiger partial charge in [-0.05, 0) is 9.88 Å². The van der Waals surface area contributed by atoms with Crippen molar-refractivity contribution >= 4 is 23.9 Å². The van der Waals surface area contributed by atoms with Crippen LogP contribution in [0.2, 0.25) is 19.5 Å². The van der Waals surface area contributed by atoms with Crippen molar-refractivity contribution in [2.45, 2.75) is 19.5 Å². The normalized spacial score (nSPS) is 24.6. The summed E-state index contributed by atoms with van der Waals surface area (Å²) in [7, 11) is -3.46. The summed E-state index contributed by atoms with van der Waals surface area (Å²) in [5.74, 6) is 0. The zero-order valence-electron chi connectivity index (χ0n) is 11.1. The molecule has 9 heavy (non-hydrogen) atoms. The third-order valence-electron chi connectivity index (χ3n) is 1.01. The second-order valence-corrected chi connectivity index (χ2v) is 6.20. The van der Waals surface area contributed by atoms with E-state index >= 15 is 0 Å².